The van der Waals surface area contributed by atoms with Crippen LogP contribution in [0.1, 0.15) is 31.9 Å². The lowest BCUT2D eigenvalue weighted by Crippen LogP contribution is -2.44. The van der Waals surface area contributed by atoms with Crippen LogP contribution in [0, 0.1) is 0 Å². The molecule has 202 valence electrons. The number of nitrogens with zero attached hydrogens (tertiary/aromatic N) is 2. The van der Waals surface area contributed by atoms with Gasteiger partial charge in [-0.3, -0.25) is 4.68 Å². The van der Waals surface area contributed by atoms with Gasteiger partial charge in [-0.1, -0.05) is 18.2 Å². The van der Waals surface area contributed by atoms with Gasteiger partial charge in [0.05, 0.1) is 16.8 Å². The maximum atomic E-state index is 12.8. The van der Waals surface area contributed by atoms with Gasteiger partial charge in [-0.25, -0.2) is 13.1 Å². The molecular formula is C23H22BrF6N3O3S. The molecule has 14 heteroatoms. The molecule has 0 radical (unpaired) electrons. The molecule has 0 aliphatic heterocycles. The predicted octanol–water partition coefficient (Wildman–Crippen LogP) is 6.86. The smallest absolute Gasteiger partial charge is 0.416 e. The average Bonchev–Trinajstić information content (AvgIpc) is 3.06. The molecule has 1 N–H and O–H groups in total. The van der Waals surface area contributed by atoms with Crippen molar-refractivity contribution in [1.82, 2.24) is 14.5 Å². The van der Waals surface area contributed by atoms with Crippen LogP contribution in [-0.2, 0) is 28.3 Å². The van der Waals surface area contributed by atoms with Crippen LogP contribution < -0.4 is 9.46 Å². The standard InChI is InChI=1S/C23H22BrF6N3O3S/c1-4-33-19(18(24)20(31-33)36-17-10-8-15(9-11-17)23(28,29)30)14-6-5-7-16(12-14)21(2,3)32-37(34,35)13-22(25,26)27/h5-12,32H,4,13H2,1-3H3. The first-order chi connectivity index (χ1) is 16.9. The lowest BCUT2D eigenvalue weighted by Gasteiger charge is -2.27. The average molecular weight is 614 g/mol. The van der Waals surface area contributed by atoms with Crippen LogP contribution in [0.3, 0.4) is 0 Å². The Morgan fingerprint density at radius 3 is 2.16 bits per heavy atom. The molecule has 0 saturated heterocycles. The molecule has 6 nitrogen and oxygen atoms in total. The van der Waals surface area contributed by atoms with Gasteiger partial charge >= 0.3 is 12.4 Å². The Kier molecular flexibility index (Phi) is 8.06. The Bertz CT molecular complexity index is 1370. The SMILES string of the molecule is CCn1nc(Oc2ccc(C(F)(F)F)cc2)c(Br)c1-c1cccc(C(C)(C)NS(=O)(=O)CC(F)(F)F)c1. The molecule has 0 aliphatic rings. The molecule has 0 saturated carbocycles. The van der Waals surface area contributed by atoms with E-state index in [0.717, 1.165) is 24.3 Å². The van der Waals surface area contributed by atoms with Gasteiger partial charge in [-0.05, 0) is 72.6 Å². The van der Waals surface area contributed by atoms with Crippen molar-refractivity contribution < 1.29 is 39.5 Å². The van der Waals surface area contributed by atoms with Crippen LogP contribution >= 0.6 is 15.9 Å². The van der Waals surface area contributed by atoms with Gasteiger partial charge in [0.15, 0.2) is 5.75 Å². The molecule has 0 aliphatic carbocycles. The van der Waals surface area contributed by atoms with Gasteiger partial charge in [0.1, 0.15) is 10.2 Å². The van der Waals surface area contributed by atoms with Gasteiger partial charge in [0.2, 0.25) is 10.0 Å². The minimum Gasteiger partial charge on any atom is -0.437 e. The lowest BCUT2D eigenvalue weighted by molar-refractivity contribution is -0.137. The number of rotatable bonds is 8. The molecular weight excluding hydrogens is 592 g/mol. The van der Waals surface area contributed by atoms with E-state index >= 15 is 0 Å². The Balaban J connectivity index is 1.94. The highest BCUT2D eigenvalue weighted by atomic mass is 79.9. The fourth-order valence-electron chi connectivity index (χ4n) is 3.57. The van der Waals surface area contributed by atoms with Crippen LogP contribution in [0.4, 0.5) is 26.3 Å². The fraction of sp³-hybridized carbons (Fsp3) is 0.348. The zero-order chi connectivity index (χ0) is 27.8. The number of sulfonamides is 1. The van der Waals surface area contributed by atoms with Gasteiger partial charge < -0.3 is 4.74 Å². The third-order valence-corrected chi connectivity index (χ3v) is 7.43. The summed E-state index contributed by atoms with van der Waals surface area (Å²) >= 11 is 3.42. The first-order valence-electron chi connectivity index (χ1n) is 10.7. The van der Waals surface area contributed by atoms with Crippen molar-refractivity contribution in [3.8, 4) is 22.9 Å². The minimum atomic E-state index is -4.90. The quantitative estimate of drug-likeness (QED) is 0.282. The van der Waals surface area contributed by atoms with E-state index < -0.39 is 39.2 Å². The maximum Gasteiger partial charge on any atom is 0.416 e. The summed E-state index contributed by atoms with van der Waals surface area (Å²) in [6.45, 7) is 5.04. The molecule has 3 aromatic rings. The maximum absolute atomic E-state index is 12.8. The van der Waals surface area contributed by atoms with E-state index in [9.17, 15) is 34.8 Å². The normalized spacial score (nSPS) is 13.1. The van der Waals surface area contributed by atoms with E-state index in [-0.39, 0.29) is 11.6 Å². The zero-order valence-corrected chi connectivity index (χ0v) is 22.1. The number of halogens is 7. The highest BCUT2D eigenvalue weighted by Crippen LogP contribution is 2.39. The molecule has 0 atom stereocenters. The van der Waals surface area contributed by atoms with Crippen molar-refractivity contribution in [1.29, 1.82) is 0 Å². The lowest BCUT2D eigenvalue weighted by atomic mass is 9.93. The van der Waals surface area contributed by atoms with E-state index in [2.05, 4.69) is 25.8 Å². The first kappa shape index (κ1) is 29.0. The molecule has 1 heterocycles. The molecule has 0 spiro atoms. The minimum absolute atomic E-state index is 0.0761. The number of hydrogen-bond donors (Lipinski definition) is 1. The monoisotopic (exact) mass is 613 g/mol. The number of aromatic nitrogens is 2. The number of benzene rings is 2. The van der Waals surface area contributed by atoms with E-state index in [1.54, 1.807) is 35.9 Å². The molecule has 0 fully saturated rings. The van der Waals surface area contributed by atoms with E-state index in [4.69, 9.17) is 4.74 Å². The van der Waals surface area contributed by atoms with Crippen LogP contribution in [-0.4, -0.2) is 30.1 Å². The summed E-state index contributed by atoms with van der Waals surface area (Å²) < 4.78 is 110. The Labute approximate surface area is 217 Å². The van der Waals surface area contributed by atoms with Crippen LogP contribution in [0.2, 0.25) is 0 Å². The number of ether oxygens (including phenoxy) is 1. The molecule has 2 aromatic carbocycles. The van der Waals surface area contributed by atoms with Gasteiger partial charge in [-0.2, -0.15) is 26.3 Å². The Hall–Kier alpha value is -2.58. The van der Waals surface area contributed by atoms with Crippen molar-refractivity contribution in [2.75, 3.05) is 5.75 Å². The van der Waals surface area contributed by atoms with E-state index in [1.165, 1.54) is 13.8 Å². The number of hydrogen-bond acceptors (Lipinski definition) is 4. The third kappa shape index (κ3) is 7.26. The number of nitrogens with one attached hydrogen (secondary N) is 1. The molecule has 0 bridgehead atoms. The molecule has 3 rings (SSSR count). The third-order valence-electron chi connectivity index (χ3n) is 5.18. The molecule has 0 unspecified atom stereocenters. The summed E-state index contributed by atoms with van der Waals surface area (Å²) in [6, 6.07) is 10.6. The fourth-order valence-corrected chi connectivity index (χ4v) is 5.56. The summed E-state index contributed by atoms with van der Waals surface area (Å²) in [7, 11) is -4.68. The van der Waals surface area contributed by atoms with Crippen LogP contribution in [0.5, 0.6) is 11.6 Å². The zero-order valence-electron chi connectivity index (χ0n) is 19.7. The Morgan fingerprint density at radius 1 is 1.00 bits per heavy atom. The number of aryl methyl sites for hydroxylation is 1. The van der Waals surface area contributed by atoms with Gasteiger partial charge in [0, 0.05) is 12.1 Å². The van der Waals surface area contributed by atoms with Gasteiger partial charge in [-0.15, -0.1) is 5.10 Å². The summed E-state index contributed by atoms with van der Waals surface area (Å²) in [5, 5.41) is 4.35. The van der Waals surface area contributed by atoms with Crippen molar-refractivity contribution in [2.45, 2.75) is 45.2 Å². The van der Waals surface area contributed by atoms with Crippen molar-refractivity contribution in [3.63, 3.8) is 0 Å². The van der Waals surface area contributed by atoms with Gasteiger partial charge in [0.25, 0.3) is 5.88 Å². The predicted molar refractivity (Wildman–Crippen MR) is 129 cm³/mol. The largest absolute Gasteiger partial charge is 0.437 e. The first-order valence-corrected chi connectivity index (χ1v) is 13.2. The Morgan fingerprint density at radius 2 is 1.62 bits per heavy atom. The summed E-state index contributed by atoms with van der Waals surface area (Å²) in [4.78, 5) is 0. The highest BCUT2D eigenvalue weighted by molar-refractivity contribution is 9.10. The van der Waals surface area contributed by atoms with E-state index in [1.807, 2.05) is 0 Å². The second-order valence-electron chi connectivity index (χ2n) is 8.59. The summed E-state index contributed by atoms with van der Waals surface area (Å²) in [5.74, 6) is -1.82. The van der Waals surface area contributed by atoms with Crippen LogP contribution in [0.25, 0.3) is 11.3 Å². The molecule has 0 amide bonds. The number of alkyl halides is 6. The highest BCUT2D eigenvalue weighted by Gasteiger charge is 2.38. The van der Waals surface area contributed by atoms with E-state index in [0.29, 0.717) is 27.8 Å². The molecule has 1 aromatic heterocycles. The van der Waals surface area contributed by atoms with Crippen molar-refractivity contribution in [3.05, 3.63) is 64.1 Å². The topological polar surface area (TPSA) is 73.2 Å². The van der Waals surface area contributed by atoms with Crippen LogP contribution in [0.15, 0.2) is 53.0 Å². The second-order valence-corrected chi connectivity index (χ2v) is 11.1. The second kappa shape index (κ2) is 10.3. The summed E-state index contributed by atoms with van der Waals surface area (Å²) in [6.07, 6.45) is -9.39. The summed E-state index contributed by atoms with van der Waals surface area (Å²) in [5.41, 5.74) is -0.770. The van der Waals surface area contributed by atoms with Crippen molar-refractivity contribution in [2.24, 2.45) is 0 Å². The van der Waals surface area contributed by atoms with Crippen molar-refractivity contribution >= 4 is 26.0 Å². The molecule has 37 heavy (non-hydrogen) atoms.